The first-order chi connectivity index (χ1) is 11.4. The second-order valence-electron chi connectivity index (χ2n) is 6.14. The fraction of sp³-hybridized carbons (Fsp3) is 0.333. The Labute approximate surface area is 150 Å². The number of halogens is 1. The quantitative estimate of drug-likeness (QED) is 0.909. The second-order valence-corrected chi connectivity index (χ2v) is 7.85. The van der Waals surface area contributed by atoms with E-state index in [-0.39, 0.29) is 23.8 Å². The minimum atomic E-state index is -0.0791. The van der Waals surface area contributed by atoms with E-state index in [1.54, 1.807) is 17.0 Å². The van der Waals surface area contributed by atoms with Crippen molar-refractivity contribution in [2.75, 3.05) is 13.1 Å². The van der Waals surface area contributed by atoms with Gasteiger partial charge in [-0.3, -0.25) is 9.59 Å². The van der Waals surface area contributed by atoms with E-state index in [0.29, 0.717) is 22.3 Å². The van der Waals surface area contributed by atoms with Gasteiger partial charge in [0.15, 0.2) is 0 Å². The van der Waals surface area contributed by atoms with E-state index >= 15 is 0 Å². The lowest BCUT2D eigenvalue weighted by Gasteiger charge is -2.19. The molecule has 1 aliphatic rings. The normalized spacial score (nSPS) is 20.2. The van der Waals surface area contributed by atoms with Crippen molar-refractivity contribution in [3.05, 3.63) is 56.7 Å². The van der Waals surface area contributed by atoms with Crippen LogP contribution in [0, 0.1) is 6.92 Å². The first-order valence-corrected chi connectivity index (χ1v) is 9.02. The molecule has 1 aromatic carbocycles. The number of rotatable bonds is 3. The van der Waals surface area contributed by atoms with E-state index in [1.807, 2.05) is 6.92 Å². The molecule has 0 bridgehead atoms. The van der Waals surface area contributed by atoms with Crippen molar-refractivity contribution in [1.29, 1.82) is 0 Å². The molecule has 2 heterocycles. The van der Waals surface area contributed by atoms with Gasteiger partial charge in [0.25, 0.3) is 5.91 Å². The Morgan fingerprint density at radius 1 is 1.17 bits per heavy atom. The van der Waals surface area contributed by atoms with E-state index in [0.717, 1.165) is 5.56 Å². The molecule has 0 unspecified atom stereocenters. The van der Waals surface area contributed by atoms with Gasteiger partial charge in [0, 0.05) is 25.9 Å². The highest BCUT2D eigenvalue weighted by Crippen LogP contribution is 2.31. The molecule has 126 valence electrons. The molecular formula is C18H19ClN2O2S. The number of carbonyl (C=O) groups is 2. The van der Waals surface area contributed by atoms with Crippen molar-refractivity contribution < 1.29 is 9.59 Å². The Morgan fingerprint density at radius 3 is 2.46 bits per heavy atom. The van der Waals surface area contributed by atoms with Crippen LogP contribution < -0.4 is 5.32 Å². The van der Waals surface area contributed by atoms with Crippen LogP contribution in [-0.2, 0) is 4.79 Å². The van der Waals surface area contributed by atoms with Crippen LogP contribution in [0.2, 0.25) is 4.34 Å². The van der Waals surface area contributed by atoms with E-state index in [4.69, 9.17) is 11.6 Å². The number of likely N-dealkylation sites (tertiary alicyclic amines) is 1. The lowest BCUT2D eigenvalue weighted by Crippen LogP contribution is -2.39. The average molecular weight is 363 g/mol. The first-order valence-electron chi connectivity index (χ1n) is 7.82. The molecule has 4 nitrogen and oxygen atoms in total. The van der Waals surface area contributed by atoms with Crippen molar-refractivity contribution >= 4 is 34.8 Å². The maximum Gasteiger partial charge on any atom is 0.264 e. The molecule has 3 rings (SSSR count). The molecule has 1 fully saturated rings. The molecule has 0 aliphatic carbocycles. The van der Waals surface area contributed by atoms with Crippen LogP contribution in [0.15, 0.2) is 36.4 Å². The second kappa shape index (κ2) is 6.95. The zero-order chi connectivity index (χ0) is 17.3. The number of hydrogen-bond acceptors (Lipinski definition) is 3. The summed E-state index contributed by atoms with van der Waals surface area (Å²) in [6, 6.07) is 11.7. The predicted octanol–water partition coefficient (Wildman–Crippen LogP) is 3.45. The SMILES string of the molecule is CC(=O)N[C@@H]1CN(C(=O)c2ccc(Cl)s2)C[C@H]1c1ccc(C)cc1. The van der Waals surface area contributed by atoms with Gasteiger partial charge in [0.05, 0.1) is 15.3 Å². The first kappa shape index (κ1) is 17.0. The lowest BCUT2D eigenvalue weighted by molar-refractivity contribution is -0.119. The van der Waals surface area contributed by atoms with Crippen molar-refractivity contribution in [3.63, 3.8) is 0 Å². The number of amides is 2. The number of thiophene rings is 1. The van der Waals surface area contributed by atoms with Gasteiger partial charge in [-0.25, -0.2) is 0 Å². The molecule has 1 saturated heterocycles. The van der Waals surface area contributed by atoms with Crippen LogP contribution in [0.25, 0.3) is 0 Å². The van der Waals surface area contributed by atoms with Crippen LogP contribution >= 0.6 is 22.9 Å². The Balaban J connectivity index is 1.83. The summed E-state index contributed by atoms with van der Waals surface area (Å²) < 4.78 is 0.603. The molecule has 24 heavy (non-hydrogen) atoms. The molecule has 1 N–H and O–H groups in total. The third kappa shape index (κ3) is 3.62. The number of aryl methyl sites for hydroxylation is 1. The Bertz CT molecular complexity index is 757. The topological polar surface area (TPSA) is 49.4 Å². The third-order valence-electron chi connectivity index (χ3n) is 4.29. The van der Waals surface area contributed by atoms with Gasteiger partial charge >= 0.3 is 0 Å². The van der Waals surface area contributed by atoms with E-state index < -0.39 is 0 Å². The minimum absolute atomic E-state index is 0.0307. The number of benzene rings is 1. The summed E-state index contributed by atoms with van der Waals surface area (Å²) in [5.74, 6) is -0.0173. The standard InChI is InChI=1S/C18H19ClN2O2S/c1-11-3-5-13(6-4-11)14-9-21(10-15(14)20-12(2)22)18(23)16-7-8-17(19)24-16/h3-8,14-15H,9-10H2,1-2H3,(H,20,22)/t14-,15+/m0/s1. The van der Waals surface area contributed by atoms with Gasteiger partial charge in [-0.2, -0.15) is 0 Å². The molecule has 2 aromatic rings. The average Bonchev–Trinajstić information content (AvgIpc) is 3.14. The van der Waals surface area contributed by atoms with E-state index in [9.17, 15) is 9.59 Å². The molecule has 1 aromatic heterocycles. The minimum Gasteiger partial charge on any atom is -0.351 e. The maximum absolute atomic E-state index is 12.7. The van der Waals surface area contributed by atoms with Crippen molar-refractivity contribution in [3.8, 4) is 0 Å². The van der Waals surface area contributed by atoms with Gasteiger partial charge in [0.1, 0.15) is 0 Å². The third-order valence-corrected chi connectivity index (χ3v) is 5.50. The molecule has 6 heteroatoms. The zero-order valence-corrected chi connectivity index (χ0v) is 15.2. The molecule has 0 saturated carbocycles. The number of hydrogen-bond donors (Lipinski definition) is 1. The van der Waals surface area contributed by atoms with Crippen LogP contribution in [0.4, 0.5) is 0 Å². The molecule has 2 amide bonds. The van der Waals surface area contributed by atoms with Gasteiger partial charge in [-0.1, -0.05) is 41.4 Å². The number of nitrogens with one attached hydrogen (secondary N) is 1. The van der Waals surface area contributed by atoms with Crippen molar-refractivity contribution in [2.45, 2.75) is 25.8 Å². The van der Waals surface area contributed by atoms with Crippen LogP contribution in [-0.4, -0.2) is 35.8 Å². The molecule has 0 spiro atoms. The van der Waals surface area contributed by atoms with Crippen molar-refractivity contribution in [2.24, 2.45) is 0 Å². The van der Waals surface area contributed by atoms with Gasteiger partial charge in [-0.15, -0.1) is 11.3 Å². The molecule has 1 aliphatic heterocycles. The summed E-state index contributed by atoms with van der Waals surface area (Å²) >= 11 is 7.22. The Morgan fingerprint density at radius 2 is 1.88 bits per heavy atom. The molecule has 0 radical (unpaired) electrons. The van der Waals surface area contributed by atoms with Gasteiger partial charge in [-0.05, 0) is 24.6 Å². The highest BCUT2D eigenvalue weighted by molar-refractivity contribution is 7.17. The highest BCUT2D eigenvalue weighted by Gasteiger charge is 2.37. The van der Waals surface area contributed by atoms with Gasteiger partial charge in [0.2, 0.25) is 5.91 Å². The lowest BCUT2D eigenvalue weighted by atomic mass is 9.93. The molecular weight excluding hydrogens is 344 g/mol. The van der Waals surface area contributed by atoms with Gasteiger partial charge < -0.3 is 10.2 Å². The summed E-state index contributed by atoms with van der Waals surface area (Å²) in [7, 11) is 0. The van der Waals surface area contributed by atoms with E-state index in [1.165, 1.54) is 23.8 Å². The summed E-state index contributed by atoms with van der Waals surface area (Å²) in [6.07, 6.45) is 0. The summed E-state index contributed by atoms with van der Waals surface area (Å²) in [5.41, 5.74) is 2.33. The Kier molecular flexibility index (Phi) is 4.92. The fourth-order valence-electron chi connectivity index (χ4n) is 3.11. The molecule has 2 atom stereocenters. The largest absolute Gasteiger partial charge is 0.351 e. The summed E-state index contributed by atoms with van der Waals surface area (Å²) in [6.45, 7) is 4.64. The summed E-state index contributed by atoms with van der Waals surface area (Å²) in [4.78, 5) is 26.7. The van der Waals surface area contributed by atoms with E-state index in [2.05, 4.69) is 29.6 Å². The monoisotopic (exact) mass is 362 g/mol. The zero-order valence-electron chi connectivity index (χ0n) is 13.6. The summed E-state index contributed by atoms with van der Waals surface area (Å²) in [5, 5.41) is 2.99. The van der Waals surface area contributed by atoms with Crippen LogP contribution in [0.5, 0.6) is 0 Å². The maximum atomic E-state index is 12.7. The number of carbonyl (C=O) groups excluding carboxylic acids is 2. The predicted molar refractivity (Wildman–Crippen MR) is 96.8 cm³/mol. The van der Waals surface area contributed by atoms with Crippen LogP contribution in [0.1, 0.15) is 33.6 Å². The highest BCUT2D eigenvalue weighted by atomic mass is 35.5. The smallest absolute Gasteiger partial charge is 0.264 e. The van der Waals surface area contributed by atoms with Crippen LogP contribution in [0.3, 0.4) is 0 Å². The van der Waals surface area contributed by atoms with Crippen molar-refractivity contribution in [1.82, 2.24) is 10.2 Å². The number of nitrogens with zero attached hydrogens (tertiary/aromatic N) is 1. The fourth-order valence-corrected chi connectivity index (χ4v) is 4.12. The Hall–Kier alpha value is -1.85.